The predicted molar refractivity (Wildman–Crippen MR) is 81.9 cm³/mol. The second-order valence-electron chi connectivity index (χ2n) is 5.61. The number of carbonyl (C=O) groups excluding carboxylic acids is 1. The number of nitrogens with zero attached hydrogens (tertiary/aromatic N) is 3. The molecule has 0 fully saturated rings. The first kappa shape index (κ1) is 16.2. The summed E-state index contributed by atoms with van der Waals surface area (Å²) in [6.45, 7) is 4.13. The zero-order valence-corrected chi connectivity index (χ0v) is 13.3. The summed E-state index contributed by atoms with van der Waals surface area (Å²) in [6.07, 6.45) is 1.93. The molecule has 2 aromatic heterocycles. The molecule has 8 heteroatoms. The number of thiophene rings is 1. The molecule has 22 heavy (non-hydrogen) atoms. The zero-order valence-electron chi connectivity index (χ0n) is 12.4. The van der Waals surface area contributed by atoms with Crippen LogP contribution in [0.5, 0.6) is 0 Å². The maximum atomic E-state index is 12.1. The molecule has 0 aliphatic carbocycles. The number of nitrogens with one attached hydrogen (secondary N) is 1. The largest absolute Gasteiger partial charge is 0.481 e. The Kier molecular flexibility index (Phi) is 4.92. The van der Waals surface area contributed by atoms with E-state index in [1.165, 1.54) is 0 Å². The topological polar surface area (TPSA) is 97.1 Å². The van der Waals surface area contributed by atoms with Crippen molar-refractivity contribution in [2.45, 2.75) is 38.8 Å². The van der Waals surface area contributed by atoms with E-state index in [2.05, 4.69) is 15.6 Å². The molecule has 7 nitrogen and oxygen atoms in total. The van der Waals surface area contributed by atoms with E-state index in [9.17, 15) is 9.59 Å². The first-order chi connectivity index (χ1) is 10.4. The van der Waals surface area contributed by atoms with Crippen molar-refractivity contribution in [1.29, 1.82) is 0 Å². The molecule has 0 unspecified atom stereocenters. The average Bonchev–Trinajstić information content (AvgIpc) is 3.08. The van der Waals surface area contributed by atoms with Gasteiger partial charge in [-0.3, -0.25) is 9.59 Å². The van der Waals surface area contributed by atoms with Gasteiger partial charge in [0.1, 0.15) is 0 Å². The van der Waals surface area contributed by atoms with Crippen LogP contribution in [0.3, 0.4) is 0 Å². The third-order valence-electron chi connectivity index (χ3n) is 3.09. The number of aromatic nitrogens is 3. The Morgan fingerprint density at radius 2 is 2.23 bits per heavy atom. The fourth-order valence-corrected chi connectivity index (χ4v) is 2.59. The van der Waals surface area contributed by atoms with Crippen molar-refractivity contribution in [3.8, 4) is 0 Å². The summed E-state index contributed by atoms with van der Waals surface area (Å²) < 4.78 is 1.60. The van der Waals surface area contributed by atoms with Gasteiger partial charge in [-0.1, -0.05) is 11.3 Å². The van der Waals surface area contributed by atoms with Gasteiger partial charge in [-0.15, -0.1) is 16.4 Å². The van der Waals surface area contributed by atoms with E-state index in [1.54, 1.807) is 36.1 Å². The van der Waals surface area contributed by atoms with Crippen LogP contribution >= 0.6 is 11.3 Å². The van der Waals surface area contributed by atoms with Gasteiger partial charge in [0, 0.05) is 16.8 Å². The van der Waals surface area contributed by atoms with Crippen LogP contribution in [0, 0.1) is 0 Å². The van der Waals surface area contributed by atoms with E-state index >= 15 is 0 Å². The number of aliphatic carboxylic acids is 1. The molecule has 0 aromatic carbocycles. The third kappa shape index (κ3) is 4.66. The summed E-state index contributed by atoms with van der Waals surface area (Å²) in [4.78, 5) is 23.9. The molecule has 0 aliphatic heterocycles. The number of hydrogen-bond acceptors (Lipinski definition) is 5. The van der Waals surface area contributed by atoms with E-state index in [-0.39, 0.29) is 18.0 Å². The van der Waals surface area contributed by atoms with Crippen molar-refractivity contribution in [1.82, 2.24) is 20.3 Å². The second-order valence-corrected chi connectivity index (χ2v) is 6.64. The van der Waals surface area contributed by atoms with Gasteiger partial charge in [0.05, 0.1) is 12.7 Å². The fourth-order valence-electron chi connectivity index (χ4n) is 1.90. The lowest BCUT2D eigenvalue weighted by Gasteiger charge is -2.24. The standard InChI is InChI=1S/C14H18N4O3S/c1-14(2,6-5-12(19)20)15-13(21)11-9-18(17-16-11)8-10-4-3-7-22-10/h3-4,7,9H,5-6,8H2,1-2H3,(H,15,21)(H,19,20). The highest BCUT2D eigenvalue weighted by atomic mass is 32.1. The summed E-state index contributed by atoms with van der Waals surface area (Å²) in [5.74, 6) is -1.24. The first-order valence-corrected chi connectivity index (χ1v) is 7.70. The Morgan fingerprint density at radius 3 is 2.86 bits per heavy atom. The van der Waals surface area contributed by atoms with Gasteiger partial charge in [0.2, 0.25) is 0 Å². The molecule has 0 saturated heterocycles. The van der Waals surface area contributed by atoms with E-state index < -0.39 is 11.5 Å². The van der Waals surface area contributed by atoms with Crippen LogP contribution in [-0.4, -0.2) is 37.5 Å². The predicted octanol–water partition coefficient (Wildman–Crippen LogP) is 1.76. The molecule has 2 N–H and O–H groups in total. The Hall–Kier alpha value is -2.22. The minimum Gasteiger partial charge on any atom is -0.481 e. The molecule has 0 spiro atoms. The highest BCUT2D eigenvalue weighted by Gasteiger charge is 2.23. The summed E-state index contributed by atoms with van der Waals surface area (Å²) in [7, 11) is 0. The number of carboxylic acid groups (broad SMARTS) is 1. The molecule has 0 bridgehead atoms. The summed E-state index contributed by atoms with van der Waals surface area (Å²) in [5.41, 5.74) is -0.396. The fraction of sp³-hybridized carbons (Fsp3) is 0.429. The lowest BCUT2D eigenvalue weighted by Crippen LogP contribution is -2.43. The van der Waals surface area contributed by atoms with Gasteiger partial charge < -0.3 is 10.4 Å². The van der Waals surface area contributed by atoms with Gasteiger partial charge in [-0.2, -0.15) is 0 Å². The quantitative estimate of drug-likeness (QED) is 0.809. The van der Waals surface area contributed by atoms with Crippen molar-refractivity contribution in [3.05, 3.63) is 34.3 Å². The van der Waals surface area contributed by atoms with Crippen LogP contribution in [0.25, 0.3) is 0 Å². The third-order valence-corrected chi connectivity index (χ3v) is 3.95. The SMILES string of the molecule is CC(C)(CCC(=O)O)NC(=O)c1cn(Cc2cccs2)nn1. The summed E-state index contributed by atoms with van der Waals surface area (Å²) >= 11 is 1.61. The lowest BCUT2D eigenvalue weighted by atomic mass is 9.98. The highest BCUT2D eigenvalue weighted by Crippen LogP contribution is 2.13. The molecule has 0 aliphatic rings. The molecule has 2 aromatic rings. The maximum Gasteiger partial charge on any atom is 0.303 e. The molecule has 0 radical (unpaired) electrons. The number of rotatable bonds is 7. The van der Waals surface area contributed by atoms with Crippen LogP contribution < -0.4 is 5.32 Å². The van der Waals surface area contributed by atoms with Crippen molar-refractivity contribution in [2.24, 2.45) is 0 Å². The molecule has 0 saturated carbocycles. The maximum absolute atomic E-state index is 12.1. The molecule has 1 amide bonds. The van der Waals surface area contributed by atoms with Gasteiger partial charge in [-0.25, -0.2) is 4.68 Å². The van der Waals surface area contributed by atoms with E-state index in [0.29, 0.717) is 13.0 Å². The first-order valence-electron chi connectivity index (χ1n) is 6.82. The molecular formula is C14H18N4O3S. The number of carboxylic acids is 1. The van der Waals surface area contributed by atoms with Crippen LogP contribution in [0.15, 0.2) is 23.7 Å². The normalized spacial score (nSPS) is 11.4. The minimum atomic E-state index is -0.885. The van der Waals surface area contributed by atoms with Crippen LogP contribution in [-0.2, 0) is 11.3 Å². The van der Waals surface area contributed by atoms with Gasteiger partial charge >= 0.3 is 5.97 Å². The molecule has 2 heterocycles. The Labute approximate surface area is 132 Å². The number of carbonyl (C=O) groups is 2. The van der Waals surface area contributed by atoms with E-state index in [1.807, 2.05) is 17.5 Å². The molecular weight excluding hydrogens is 304 g/mol. The Balaban J connectivity index is 1.95. The summed E-state index contributed by atoms with van der Waals surface area (Å²) in [5, 5.41) is 21.3. The van der Waals surface area contributed by atoms with Crippen molar-refractivity contribution in [2.75, 3.05) is 0 Å². The molecule has 0 atom stereocenters. The number of hydrogen-bond donors (Lipinski definition) is 2. The molecule has 2 rings (SSSR count). The van der Waals surface area contributed by atoms with Gasteiger partial charge in [-0.05, 0) is 31.7 Å². The van der Waals surface area contributed by atoms with E-state index in [0.717, 1.165) is 4.88 Å². The van der Waals surface area contributed by atoms with Crippen molar-refractivity contribution < 1.29 is 14.7 Å². The Bertz CT molecular complexity index is 649. The van der Waals surface area contributed by atoms with Crippen LogP contribution in [0.4, 0.5) is 0 Å². The Morgan fingerprint density at radius 1 is 1.45 bits per heavy atom. The second kappa shape index (κ2) is 6.69. The average molecular weight is 322 g/mol. The van der Waals surface area contributed by atoms with Crippen LogP contribution in [0.1, 0.15) is 42.1 Å². The van der Waals surface area contributed by atoms with Gasteiger partial charge in [0.15, 0.2) is 5.69 Å². The smallest absolute Gasteiger partial charge is 0.303 e. The lowest BCUT2D eigenvalue weighted by molar-refractivity contribution is -0.137. The molecule has 118 valence electrons. The summed E-state index contributed by atoms with van der Waals surface area (Å²) in [6, 6.07) is 3.94. The number of amides is 1. The highest BCUT2D eigenvalue weighted by molar-refractivity contribution is 7.09. The van der Waals surface area contributed by atoms with E-state index in [4.69, 9.17) is 5.11 Å². The monoisotopic (exact) mass is 322 g/mol. The van der Waals surface area contributed by atoms with Crippen LogP contribution in [0.2, 0.25) is 0 Å². The van der Waals surface area contributed by atoms with Crippen molar-refractivity contribution in [3.63, 3.8) is 0 Å². The van der Waals surface area contributed by atoms with Crippen molar-refractivity contribution >= 4 is 23.2 Å². The minimum absolute atomic E-state index is 0.00164. The zero-order chi connectivity index (χ0) is 16.2. The van der Waals surface area contributed by atoms with Gasteiger partial charge in [0.25, 0.3) is 5.91 Å².